The van der Waals surface area contributed by atoms with Gasteiger partial charge in [-0.05, 0) is 32.0 Å². The van der Waals surface area contributed by atoms with Crippen LogP contribution in [0, 0.1) is 0 Å². The number of nitrogens with zero attached hydrogens (tertiary/aromatic N) is 8. The van der Waals surface area contributed by atoms with Gasteiger partial charge in [0.25, 0.3) is 0 Å². The van der Waals surface area contributed by atoms with Gasteiger partial charge in [0, 0.05) is 30.5 Å². The Labute approximate surface area is 168 Å². The molecule has 2 aliphatic rings. The van der Waals surface area contributed by atoms with Crippen LogP contribution in [0.1, 0.15) is 55.4 Å². The van der Waals surface area contributed by atoms with E-state index in [0.29, 0.717) is 12.0 Å². The second-order valence-corrected chi connectivity index (χ2v) is 10.1. The predicted octanol–water partition coefficient (Wildman–Crippen LogP) is 2.47. The van der Waals surface area contributed by atoms with E-state index in [-0.39, 0.29) is 5.41 Å². The van der Waals surface area contributed by atoms with Crippen LogP contribution < -0.4 is 4.90 Å². The fourth-order valence-electron chi connectivity index (χ4n) is 3.50. The van der Waals surface area contributed by atoms with Crippen molar-refractivity contribution in [2.45, 2.75) is 57.5 Å². The lowest BCUT2D eigenvalue weighted by molar-refractivity contribution is 0.196. The number of hydrogen-bond acceptors (Lipinski definition) is 8. The standard InChI is InChI=1S/C19H26N8S/c1-19(2,3)18-23-20-14-7-8-15(24-27(14)18)26-9-13(10-26)25(4)11-16-21-22-17(28-16)12-5-6-12/h7-8,12-13H,5-6,9-11H2,1-4H3. The van der Waals surface area contributed by atoms with Crippen LogP contribution in [0.2, 0.25) is 0 Å². The minimum Gasteiger partial charge on any atom is -0.352 e. The summed E-state index contributed by atoms with van der Waals surface area (Å²) in [7, 11) is 2.17. The first-order valence-electron chi connectivity index (χ1n) is 9.89. The minimum atomic E-state index is -0.0935. The van der Waals surface area contributed by atoms with E-state index in [2.05, 4.69) is 58.0 Å². The lowest BCUT2D eigenvalue weighted by Crippen LogP contribution is -2.58. The Bertz CT molecular complexity index is 993. The molecule has 148 valence electrons. The molecule has 0 aromatic carbocycles. The lowest BCUT2D eigenvalue weighted by Gasteiger charge is -2.44. The van der Waals surface area contributed by atoms with E-state index >= 15 is 0 Å². The highest BCUT2D eigenvalue weighted by Gasteiger charge is 2.33. The molecule has 5 rings (SSSR count). The molecule has 0 N–H and O–H groups in total. The smallest absolute Gasteiger partial charge is 0.178 e. The molecular formula is C19H26N8S. The van der Waals surface area contributed by atoms with Crippen LogP contribution in [-0.2, 0) is 12.0 Å². The van der Waals surface area contributed by atoms with Gasteiger partial charge in [-0.2, -0.15) is 4.52 Å². The normalized spacial score (nSPS) is 18.2. The molecule has 1 saturated heterocycles. The van der Waals surface area contributed by atoms with E-state index in [1.807, 2.05) is 16.6 Å². The number of likely N-dealkylation sites (N-methyl/N-ethyl adjacent to an activating group) is 1. The van der Waals surface area contributed by atoms with Crippen molar-refractivity contribution in [2.24, 2.45) is 0 Å². The van der Waals surface area contributed by atoms with Crippen molar-refractivity contribution in [3.05, 3.63) is 28.0 Å². The second kappa shape index (κ2) is 6.45. The van der Waals surface area contributed by atoms with Crippen LogP contribution in [0.5, 0.6) is 0 Å². The molecule has 2 fully saturated rings. The summed E-state index contributed by atoms with van der Waals surface area (Å²) >= 11 is 1.78. The van der Waals surface area contributed by atoms with Gasteiger partial charge in [-0.3, -0.25) is 4.90 Å². The quantitative estimate of drug-likeness (QED) is 0.653. The third-order valence-electron chi connectivity index (χ3n) is 5.52. The zero-order valence-electron chi connectivity index (χ0n) is 16.8. The monoisotopic (exact) mass is 398 g/mol. The summed E-state index contributed by atoms with van der Waals surface area (Å²) in [6.07, 6.45) is 2.56. The summed E-state index contributed by atoms with van der Waals surface area (Å²) in [4.78, 5) is 4.69. The van der Waals surface area contributed by atoms with E-state index in [0.717, 1.165) is 41.9 Å². The Morgan fingerprint density at radius 2 is 1.89 bits per heavy atom. The summed E-state index contributed by atoms with van der Waals surface area (Å²) in [6, 6.07) is 4.55. The Morgan fingerprint density at radius 1 is 1.11 bits per heavy atom. The van der Waals surface area contributed by atoms with Crippen molar-refractivity contribution in [1.82, 2.24) is 34.9 Å². The van der Waals surface area contributed by atoms with Crippen molar-refractivity contribution in [3.63, 3.8) is 0 Å². The lowest BCUT2D eigenvalue weighted by atomic mass is 9.96. The first-order chi connectivity index (χ1) is 13.4. The van der Waals surface area contributed by atoms with E-state index in [1.54, 1.807) is 11.3 Å². The Morgan fingerprint density at radius 3 is 2.61 bits per heavy atom. The average Bonchev–Trinajstić information content (AvgIpc) is 3.18. The fraction of sp³-hybridized carbons (Fsp3) is 0.632. The van der Waals surface area contributed by atoms with Crippen molar-refractivity contribution < 1.29 is 0 Å². The van der Waals surface area contributed by atoms with Gasteiger partial charge in [0.2, 0.25) is 0 Å². The predicted molar refractivity (Wildman–Crippen MR) is 109 cm³/mol. The van der Waals surface area contributed by atoms with Crippen LogP contribution in [0.4, 0.5) is 5.82 Å². The molecule has 3 aromatic heterocycles. The van der Waals surface area contributed by atoms with Gasteiger partial charge >= 0.3 is 0 Å². The summed E-state index contributed by atoms with van der Waals surface area (Å²) in [5.41, 5.74) is 0.703. The molecule has 4 heterocycles. The van der Waals surface area contributed by atoms with E-state index in [4.69, 9.17) is 5.10 Å². The summed E-state index contributed by atoms with van der Waals surface area (Å²) < 4.78 is 1.88. The summed E-state index contributed by atoms with van der Waals surface area (Å²) in [5, 5.41) is 24.5. The topological polar surface area (TPSA) is 75.3 Å². The van der Waals surface area contributed by atoms with Gasteiger partial charge in [-0.15, -0.1) is 25.5 Å². The van der Waals surface area contributed by atoms with Gasteiger partial charge in [-0.1, -0.05) is 32.1 Å². The second-order valence-electron chi connectivity index (χ2n) is 9.02. The molecule has 0 amide bonds. The third-order valence-corrected chi connectivity index (χ3v) is 6.59. The highest BCUT2D eigenvalue weighted by atomic mass is 32.1. The molecule has 0 atom stereocenters. The van der Waals surface area contributed by atoms with Crippen molar-refractivity contribution in [1.29, 1.82) is 0 Å². The largest absolute Gasteiger partial charge is 0.352 e. The molecule has 3 aromatic rings. The molecule has 1 saturated carbocycles. The van der Waals surface area contributed by atoms with Crippen molar-refractivity contribution in [2.75, 3.05) is 25.0 Å². The van der Waals surface area contributed by atoms with Crippen molar-refractivity contribution in [3.8, 4) is 0 Å². The zero-order valence-corrected chi connectivity index (χ0v) is 17.6. The molecule has 8 nitrogen and oxygen atoms in total. The number of hydrogen-bond donors (Lipinski definition) is 0. The molecule has 28 heavy (non-hydrogen) atoms. The SMILES string of the molecule is CN(Cc1nnc(C2CC2)s1)C1CN(c2ccc3nnc(C(C)(C)C)n3n2)C1. The molecule has 9 heteroatoms. The number of anilines is 1. The Hall–Kier alpha value is -2.13. The first-order valence-corrected chi connectivity index (χ1v) is 10.7. The molecule has 0 radical (unpaired) electrons. The summed E-state index contributed by atoms with van der Waals surface area (Å²) in [6.45, 7) is 9.21. The number of aromatic nitrogens is 6. The number of rotatable bonds is 5. The fourth-order valence-corrected chi connectivity index (χ4v) is 4.58. The molecule has 0 bridgehead atoms. The minimum absolute atomic E-state index is 0.0935. The molecular weight excluding hydrogens is 372 g/mol. The van der Waals surface area contributed by atoms with Crippen LogP contribution >= 0.6 is 11.3 Å². The van der Waals surface area contributed by atoms with Gasteiger partial charge < -0.3 is 4.90 Å². The van der Waals surface area contributed by atoms with Gasteiger partial charge in [0.05, 0.1) is 6.54 Å². The third kappa shape index (κ3) is 3.26. The number of fused-ring (bicyclic) bond motifs is 1. The van der Waals surface area contributed by atoms with Crippen LogP contribution in [0.15, 0.2) is 12.1 Å². The highest BCUT2D eigenvalue weighted by Crippen LogP contribution is 2.41. The summed E-state index contributed by atoms with van der Waals surface area (Å²) in [5.74, 6) is 2.56. The Kier molecular flexibility index (Phi) is 4.13. The maximum atomic E-state index is 4.81. The van der Waals surface area contributed by atoms with E-state index < -0.39 is 0 Å². The van der Waals surface area contributed by atoms with Crippen molar-refractivity contribution >= 4 is 22.8 Å². The van der Waals surface area contributed by atoms with E-state index in [9.17, 15) is 0 Å². The van der Waals surface area contributed by atoms with Gasteiger partial charge in [-0.25, -0.2) is 0 Å². The molecule has 1 aliphatic heterocycles. The average molecular weight is 399 g/mol. The first kappa shape index (κ1) is 17.9. The highest BCUT2D eigenvalue weighted by molar-refractivity contribution is 7.11. The maximum absolute atomic E-state index is 4.81. The van der Waals surface area contributed by atoms with Gasteiger partial charge in [0.1, 0.15) is 15.8 Å². The maximum Gasteiger partial charge on any atom is 0.178 e. The van der Waals surface area contributed by atoms with Gasteiger partial charge in [0.15, 0.2) is 11.5 Å². The Balaban J connectivity index is 1.24. The van der Waals surface area contributed by atoms with Crippen LogP contribution in [0.25, 0.3) is 5.65 Å². The zero-order chi connectivity index (χ0) is 19.5. The molecule has 0 unspecified atom stereocenters. The van der Waals surface area contributed by atoms with E-state index in [1.165, 1.54) is 17.8 Å². The molecule has 0 spiro atoms. The van der Waals surface area contributed by atoms with Crippen LogP contribution in [0.3, 0.4) is 0 Å². The van der Waals surface area contributed by atoms with Crippen LogP contribution in [-0.4, -0.2) is 61.1 Å². The molecule has 1 aliphatic carbocycles.